The average molecular weight is 487 g/mol. The van der Waals surface area contributed by atoms with Gasteiger partial charge in [-0.1, -0.05) is 61.4 Å². The molecule has 0 heterocycles. The van der Waals surface area contributed by atoms with Gasteiger partial charge in [0.1, 0.15) is 0 Å². The van der Waals surface area contributed by atoms with Gasteiger partial charge in [0, 0.05) is 6.54 Å². The molecule has 0 aliphatic carbocycles. The Kier molecular flexibility index (Phi) is 16.9. The Morgan fingerprint density at radius 3 is 1.61 bits per heavy atom. The Morgan fingerprint density at radius 1 is 0.581 bits per heavy atom. The van der Waals surface area contributed by atoms with Gasteiger partial charge in [-0.3, -0.25) is 0 Å². The topological polar surface area (TPSA) is 50.1 Å². The first-order valence-corrected chi connectivity index (χ1v) is 10.9. The van der Waals surface area contributed by atoms with Crippen molar-refractivity contribution in [3.8, 4) is 0 Å². The molecule has 0 aliphatic heterocycles. The summed E-state index contributed by atoms with van der Waals surface area (Å²) in [5.41, 5.74) is 6.93. The predicted octanol–water partition coefficient (Wildman–Crippen LogP) is 6.24. The number of benzene rings is 3. The van der Waals surface area contributed by atoms with E-state index in [1.54, 1.807) is 0 Å². The molecule has 3 rings (SSSR count). The van der Waals surface area contributed by atoms with E-state index in [1.807, 2.05) is 0 Å². The van der Waals surface area contributed by atoms with Gasteiger partial charge in [-0.25, -0.2) is 0 Å². The quantitative estimate of drug-likeness (QED) is 0.198. The lowest BCUT2D eigenvalue weighted by Gasteiger charge is -2.12. The molecule has 0 bridgehead atoms. The van der Waals surface area contributed by atoms with E-state index >= 15 is 0 Å². The molecule has 0 amide bonds. The molecule has 0 atom stereocenters. The maximum absolute atomic E-state index is 5.51. The fourth-order valence-corrected chi connectivity index (χ4v) is 3.88. The molecule has 3 nitrogen and oxygen atoms in total. The fraction of sp³-hybridized carbons (Fsp3) is 0.440. The zero-order valence-electron chi connectivity index (χ0n) is 18.3. The molecular weight excluding hydrogens is 449 g/mol. The van der Waals surface area contributed by atoms with E-state index < -0.39 is 0 Å². The van der Waals surface area contributed by atoms with Crippen LogP contribution in [0.3, 0.4) is 0 Å². The van der Waals surface area contributed by atoms with E-state index in [9.17, 15) is 0 Å². The molecule has 6 heteroatoms. The standard InChI is InChI=1S/C25H35N3.3ClH/c26-15-7-10-17-27-16-8-1-2-9-18-28-20-25-23-13-5-3-11-21(23)19-22-12-4-6-14-24(22)25;;;/h3-6,11-14,19,27-28H,1-2,7-10,15-18,20,26H2;3*1H. The number of hydrogen-bond acceptors (Lipinski definition) is 3. The molecule has 0 aromatic heterocycles. The summed E-state index contributed by atoms with van der Waals surface area (Å²) in [6, 6.07) is 19.8. The molecule has 0 unspecified atom stereocenters. The Labute approximate surface area is 206 Å². The predicted molar refractivity (Wildman–Crippen MR) is 145 cm³/mol. The second kappa shape index (κ2) is 17.5. The summed E-state index contributed by atoms with van der Waals surface area (Å²) in [5.74, 6) is 0. The van der Waals surface area contributed by atoms with E-state index in [0.717, 1.165) is 39.1 Å². The van der Waals surface area contributed by atoms with Crippen LogP contribution in [0.15, 0.2) is 54.6 Å². The molecule has 174 valence electrons. The van der Waals surface area contributed by atoms with Gasteiger partial charge < -0.3 is 16.4 Å². The van der Waals surface area contributed by atoms with Crippen LogP contribution >= 0.6 is 37.2 Å². The van der Waals surface area contributed by atoms with E-state index in [1.165, 1.54) is 59.2 Å². The second-order valence-electron chi connectivity index (χ2n) is 7.63. The van der Waals surface area contributed by atoms with Crippen molar-refractivity contribution in [3.05, 3.63) is 60.2 Å². The van der Waals surface area contributed by atoms with Crippen LogP contribution in [0.4, 0.5) is 0 Å². The van der Waals surface area contributed by atoms with Crippen LogP contribution in [0, 0.1) is 0 Å². The number of halogens is 3. The minimum Gasteiger partial charge on any atom is -0.330 e. The molecule has 0 spiro atoms. The van der Waals surface area contributed by atoms with Crippen LogP contribution in [0.2, 0.25) is 0 Å². The highest BCUT2D eigenvalue weighted by Gasteiger charge is 2.06. The molecule has 31 heavy (non-hydrogen) atoms. The minimum absolute atomic E-state index is 0. The van der Waals surface area contributed by atoms with Crippen LogP contribution in [0.1, 0.15) is 44.1 Å². The Bertz CT molecular complexity index is 804. The van der Waals surface area contributed by atoms with Gasteiger partial charge in [0.05, 0.1) is 0 Å². The SMILES string of the molecule is Cl.Cl.Cl.NCCCCNCCCCCCNCc1c2ccccc2cc2ccccc12. The molecule has 0 fully saturated rings. The van der Waals surface area contributed by atoms with Crippen molar-refractivity contribution in [2.45, 2.75) is 45.1 Å². The molecule has 0 radical (unpaired) electrons. The summed E-state index contributed by atoms with van der Waals surface area (Å²) in [5, 5.41) is 12.6. The summed E-state index contributed by atoms with van der Waals surface area (Å²) < 4.78 is 0. The monoisotopic (exact) mass is 485 g/mol. The molecule has 3 aromatic carbocycles. The third-order valence-corrected chi connectivity index (χ3v) is 5.45. The number of hydrogen-bond donors (Lipinski definition) is 3. The highest BCUT2D eigenvalue weighted by Crippen LogP contribution is 2.28. The zero-order valence-corrected chi connectivity index (χ0v) is 20.7. The van der Waals surface area contributed by atoms with E-state index in [4.69, 9.17) is 5.73 Å². The Morgan fingerprint density at radius 2 is 1.06 bits per heavy atom. The van der Waals surface area contributed by atoms with Crippen LogP contribution < -0.4 is 16.4 Å². The number of rotatable bonds is 13. The summed E-state index contributed by atoms with van der Waals surface area (Å²) in [4.78, 5) is 0. The van der Waals surface area contributed by atoms with Crippen LogP contribution in [-0.4, -0.2) is 26.2 Å². The fourth-order valence-electron chi connectivity index (χ4n) is 3.88. The summed E-state index contributed by atoms with van der Waals surface area (Å²) >= 11 is 0. The number of fused-ring (bicyclic) bond motifs is 2. The highest BCUT2D eigenvalue weighted by molar-refractivity contribution is 6.02. The maximum Gasteiger partial charge on any atom is 0.0217 e. The van der Waals surface area contributed by atoms with Crippen molar-refractivity contribution in [2.75, 3.05) is 26.2 Å². The summed E-state index contributed by atoms with van der Waals surface area (Å²) in [6.45, 7) is 5.08. The maximum atomic E-state index is 5.51. The lowest BCUT2D eigenvalue weighted by molar-refractivity contribution is 0.554. The van der Waals surface area contributed by atoms with E-state index in [0.29, 0.717) is 0 Å². The van der Waals surface area contributed by atoms with E-state index in [-0.39, 0.29) is 37.2 Å². The molecule has 0 saturated carbocycles. The first-order chi connectivity index (χ1) is 13.9. The van der Waals surface area contributed by atoms with Gasteiger partial charge in [0.2, 0.25) is 0 Å². The van der Waals surface area contributed by atoms with Gasteiger partial charge in [0.25, 0.3) is 0 Å². The molecule has 0 saturated heterocycles. The normalized spacial score (nSPS) is 10.4. The molecule has 3 aromatic rings. The van der Waals surface area contributed by atoms with Crippen LogP contribution in [0.25, 0.3) is 21.5 Å². The average Bonchev–Trinajstić information content (AvgIpc) is 2.73. The first-order valence-electron chi connectivity index (χ1n) is 10.9. The third-order valence-electron chi connectivity index (χ3n) is 5.45. The van der Waals surface area contributed by atoms with Crippen molar-refractivity contribution in [3.63, 3.8) is 0 Å². The Hall–Kier alpha value is -1.07. The van der Waals surface area contributed by atoms with Gasteiger partial charge >= 0.3 is 0 Å². The largest absolute Gasteiger partial charge is 0.330 e. The van der Waals surface area contributed by atoms with Crippen LogP contribution in [0.5, 0.6) is 0 Å². The van der Waals surface area contributed by atoms with E-state index in [2.05, 4.69) is 65.2 Å². The Balaban J connectivity index is 0.00000300. The summed E-state index contributed by atoms with van der Waals surface area (Å²) in [6.07, 6.45) is 7.46. The zero-order chi connectivity index (χ0) is 19.4. The molecular formula is C25H38Cl3N3. The van der Waals surface area contributed by atoms with Crippen molar-refractivity contribution in [1.29, 1.82) is 0 Å². The van der Waals surface area contributed by atoms with Gasteiger partial charge in [-0.05, 0) is 85.0 Å². The second-order valence-corrected chi connectivity index (χ2v) is 7.63. The lowest BCUT2D eigenvalue weighted by Crippen LogP contribution is -2.18. The number of nitrogens with two attached hydrogens (primary N) is 1. The van der Waals surface area contributed by atoms with Crippen molar-refractivity contribution < 1.29 is 0 Å². The van der Waals surface area contributed by atoms with Crippen molar-refractivity contribution in [2.24, 2.45) is 5.73 Å². The first kappa shape index (κ1) is 29.9. The number of unbranched alkanes of at least 4 members (excludes halogenated alkanes) is 4. The third kappa shape index (κ3) is 9.53. The number of nitrogens with one attached hydrogen (secondary N) is 2. The minimum atomic E-state index is 0. The van der Waals surface area contributed by atoms with Gasteiger partial charge in [0.15, 0.2) is 0 Å². The highest BCUT2D eigenvalue weighted by atomic mass is 35.5. The smallest absolute Gasteiger partial charge is 0.0217 e. The molecule has 0 aliphatic rings. The van der Waals surface area contributed by atoms with Crippen molar-refractivity contribution >= 4 is 58.8 Å². The lowest BCUT2D eigenvalue weighted by atomic mass is 9.97. The van der Waals surface area contributed by atoms with Crippen LogP contribution in [-0.2, 0) is 6.54 Å². The summed E-state index contributed by atoms with van der Waals surface area (Å²) in [7, 11) is 0. The van der Waals surface area contributed by atoms with Gasteiger partial charge in [-0.15, -0.1) is 37.2 Å². The van der Waals surface area contributed by atoms with Crippen molar-refractivity contribution in [1.82, 2.24) is 10.6 Å². The van der Waals surface area contributed by atoms with Gasteiger partial charge in [-0.2, -0.15) is 0 Å². The molecule has 4 N–H and O–H groups in total.